The Kier molecular flexibility index (Phi) is 5.28. The van der Waals surface area contributed by atoms with Gasteiger partial charge in [0.05, 0.1) is 13.2 Å². The molecule has 7 heteroatoms. The van der Waals surface area contributed by atoms with Crippen LogP contribution in [0.3, 0.4) is 0 Å². The van der Waals surface area contributed by atoms with Crippen LogP contribution in [0.2, 0.25) is 0 Å². The van der Waals surface area contributed by atoms with Crippen molar-refractivity contribution in [3.63, 3.8) is 0 Å². The first-order valence-electron chi connectivity index (χ1n) is 2.40. The van der Waals surface area contributed by atoms with Crippen LogP contribution in [0.4, 0.5) is 0 Å². The molecule has 1 N–H and O–H groups in total. The molecule has 0 aliphatic carbocycles. The van der Waals surface area contributed by atoms with Gasteiger partial charge in [0, 0.05) is 29.6 Å². The fourth-order valence-corrected chi connectivity index (χ4v) is 0.619. The van der Waals surface area contributed by atoms with Gasteiger partial charge in [-0.3, -0.25) is 0 Å². The average molecular weight is 169 g/mol. The third-order valence-electron chi connectivity index (χ3n) is 0.825. The maximum Gasteiger partial charge on any atom is 0.206 e. The first-order chi connectivity index (χ1) is 4.34. The number of hydrogen-bond donors (Lipinski definition) is 2. The predicted octanol–water partition coefficient (Wildman–Crippen LogP) is -1.43. The van der Waals surface area contributed by atoms with Gasteiger partial charge in [-0.2, -0.15) is 0 Å². The topological polar surface area (TPSA) is 63.8 Å². The van der Waals surface area contributed by atoms with E-state index >= 15 is 0 Å². The second kappa shape index (κ2) is 5.09. The molecule has 5 nitrogen and oxygen atoms in total. The zero-order valence-electron chi connectivity index (χ0n) is 5.60. The van der Waals surface area contributed by atoms with Crippen LogP contribution in [-0.4, -0.2) is 61.5 Å². The molecule has 0 fully saturated rings. The molecule has 0 aromatic carbocycles. The van der Waals surface area contributed by atoms with Gasteiger partial charge < -0.3 is 5.11 Å². The van der Waals surface area contributed by atoms with Gasteiger partial charge in [-0.15, -0.1) is 17.7 Å². The molecule has 0 amide bonds. The maximum atomic E-state index is 8.41. The summed E-state index contributed by atoms with van der Waals surface area (Å²) < 4.78 is 1.41. The molecule has 1 aromatic rings. The smallest absolute Gasteiger partial charge is 0.206 e. The Morgan fingerprint density at radius 3 is 2.70 bits per heavy atom. The second-order valence-electron chi connectivity index (χ2n) is 1.43. The van der Waals surface area contributed by atoms with Gasteiger partial charge in [0.15, 0.2) is 0 Å². The molecule has 1 radical (unpaired) electrons. The number of nitrogens with zero attached hydrogens (tertiary/aromatic N) is 4. The molecule has 0 bridgehead atoms. The Morgan fingerprint density at radius 1 is 1.60 bits per heavy atom. The van der Waals surface area contributed by atoms with Crippen molar-refractivity contribution >= 4 is 42.2 Å². The normalized spacial score (nSPS) is 9.00. The summed E-state index contributed by atoms with van der Waals surface area (Å²) in [5.41, 5.74) is 0. The van der Waals surface area contributed by atoms with Crippen molar-refractivity contribution < 1.29 is 5.11 Å². The molecule has 1 aromatic heterocycles. The van der Waals surface area contributed by atoms with E-state index in [0.717, 1.165) is 0 Å². The summed E-state index contributed by atoms with van der Waals surface area (Å²) in [6.07, 6.45) is 0. The van der Waals surface area contributed by atoms with Gasteiger partial charge in [0.1, 0.15) is 0 Å². The number of aromatic nitrogens is 4. The van der Waals surface area contributed by atoms with Crippen LogP contribution in [-0.2, 0) is 6.54 Å². The molecule has 0 saturated carbocycles. The molecule has 0 unspecified atom stereocenters. The summed E-state index contributed by atoms with van der Waals surface area (Å²) in [5, 5.41) is 19.2. The SMILES string of the molecule is OCCn1nnnc1S.[Na]. The molecular weight excluding hydrogens is 163 g/mol. The fourth-order valence-electron chi connectivity index (χ4n) is 0.439. The first kappa shape index (κ1) is 10.4. The molecule has 10 heavy (non-hydrogen) atoms. The molecular formula is C3H6N4NaOS. The Hall–Kier alpha value is 0.380. The second-order valence-corrected chi connectivity index (χ2v) is 1.83. The molecule has 0 aliphatic heterocycles. The molecule has 0 spiro atoms. The van der Waals surface area contributed by atoms with Crippen molar-refractivity contribution in [3.8, 4) is 0 Å². The zero-order chi connectivity index (χ0) is 6.69. The van der Waals surface area contributed by atoms with E-state index in [0.29, 0.717) is 11.7 Å². The Balaban J connectivity index is 0.000000810. The summed E-state index contributed by atoms with van der Waals surface area (Å²) in [6, 6.07) is 0. The van der Waals surface area contributed by atoms with Crippen LogP contribution < -0.4 is 0 Å². The van der Waals surface area contributed by atoms with E-state index in [9.17, 15) is 0 Å². The monoisotopic (exact) mass is 169 g/mol. The van der Waals surface area contributed by atoms with Gasteiger partial charge in [-0.1, -0.05) is 0 Å². The molecule has 0 saturated heterocycles. The Bertz CT molecular complexity index is 192. The van der Waals surface area contributed by atoms with Crippen LogP contribution >= 0.6 is 12.6 Å². The fraction of sp³-hybridized carbons (Fsp3) is 0.667. The molecule has 0 atom stereocenters. The van der Waals surface area contributed by atoms with Crippen molar-refractivity contribution in [2.75, 3.05) is 6.61 Å². The van der Waals surface area contributed by atoms with E-state index in [1.54, 1.807) is 0 Å². The largest absolute Gasteiger partial charge is 0.394 e. The van der Waals surface area contributed by atoms with E-state index < -0.39 is 0 Å². The van der Waals surface area contributed by atoms with E-state index in [1.165, 1.54) is 4.68 Å². The number of tetrazole rings is 1. The zero-order valence-corrected chi connectivity index (χ0v) is 8.49. The summed E-state index contributed by atoms with van der Waals surface area (Å²) in [7, 11) is 0. The van der Waals surface area contributed by atoms with Crippen molar-refractivity contribution in [3.05, 3.63) is 0 Å². The van der Waals surface area contributed by atoms with Gasteiger partial charge in [-0.25, -0.2) is 4.68 Å². The molecule has 0 aliphatic rings. The standard InChI is InChI=1S/C3H6N4OS.Na/c8-2-1-7-3(9)4-5-6-7;/h8H,1-2H2,(H,4,6,9);. The van der Waals surface area contributed by atoms with E-state index in [4.69, 9.17) is 5.11 Å². The first-order valence-corrected chi connectivity index (χ1v) is 2.85. The van der Waals surface area contributed by atoms with E-state index in [-0.39, 0.29) is 36.2 Å². The average Bonchev–Trinajstić information content (AvgIpc) is 2.18. The Labute approximate surface area is 85.5 Å². The van der Waals surface area contributed by atoms with Crippen molar-refractivity contribution in [1.29, 1.82) is 0 Å². The van der Waals surface area contributed by atoms with Crippen LogP contribution in [0.1, 0.15) is 0 Å². The summed E-state index contributed by atoms with van der Waals surface area (Å²) in [5.74, 6) is 0. The van der Waals surface area contributed by atoms with Crippen molar-refractivity contribution in [2.24, 2.45) is 0 Å². The van der Waals surface area contributed by atoms with Crippen LogP contribution in [0.15, 0.2) is 5.16 Å². The third kappa shape index (κ3) is 2.55. The third-order valence-corrected chi connectivity index (χ3v) is 1.15. The van der Waals surface area contributed by atoms with Crippen LogP contribution in [0.5, 0.6) is 0 Å². The van der Waals surface area contributed by atoms with Crippen LogP contribution in [0.25, 0.3) is 0 Å². The van der Waals surface area contributed by atoms with Crippen molar-refractivity contribution in [2.45, 2.75) is 11.7 Å². The predicted molar refractivity (Wildman–Crippen MR) is 37.9 cm³/mol. The summed E-state index contributed by atoms with van der Waals surface area (Å²) >= 11 is 3.90. The molecule has 1 rings (SSSR count). The molecule has 1 heterocycles. The summed E-state index contributed by atoms with van der Waals surface area (Å²) in [4.78, 5) is 0. The number of thiol groups is 1. The summed E-state index contributed by atoms with van der Waals surface area (Å²) in [6.45, 7) is 0.421. The minimum atomic E-state index is 0. The van der Waals surface area contributed by atoms with E-state index in [1.807, 2.05) is 0 Å². The quantitative estimate of drug-likeness (QED) is 0.421. The van der Waals surface area contributed by atoms with Crippen LogP contribution in [0, 0.1) is 0 Å². The van der Waals surface area contributed by atoms with Gasteiger partial charge in [-0.05, 0) is 10.4 Å². The van der Waals surface area contributed by atoms with Gasteiger partial charge >= 0.3 is 0 Å². The number of aliphatic hydroxyl groups excluding tert-OH is 1. The van der Waals surface area contributed by atoms with Gasteiger partial charge in [0.2, 0.25) is 5.16 Å². The number of hydrogen-bond acceptors (Lipinski definition) is 5. The number of rotatable bonds is 2. The molecule has 51 valence electrons. The Morgan fingerprint density at radius 2 is 2.30 bits per heavy atom. The van der Waals surface area contributed by atoms with Crippen molar-refractivity contribution in [1.82, 2.24) is 20.2 Å². The minimum Gasteiger partial charge on any atom is -0.394 e. The maximum absolute atomic E-state index is 8.41. The van der Waals surface area contributed by atoms with E-state index in [2.05, 4.69) is 28.2 Å². The number of aliphatic hydroxyl groups is 1. The van der Waals surface area contributed by atoms with Gasteiger partial charge in [0.25, 0.3) is 0 Å². The minimum absolute atomic E-state index is 0.